The molecule has 1 aliphatic heterocycles. The fourth-order valence-electron chi connectivity index (χ4n) is 9.83. The van der Waals surface area contributed by atoms with Crippen molar-refractivity contribution in [1.29, 1.82) is 0 Å². The number of rotatable bonds is 10. The van der Waals surface area contributed by atoms with E-state index in [2.05, 4.69) is 270 Å². The molecule has 0 amide bonds. The zero-order chi connectivity index (χ0) is 47.5. The van der Waals surface area contributed by atoms with E-state index in [1.165, 1.54) is 22.3 Å². The number of hydrogen-bond acceptors (Lipinski definition) is 4. The van der Waals surface area contributed by atoms with Crippen molar-refractivity contribution in [3.05, 3.63) is 247 Å². The van der Waals surface area contributed by atoms with Crippen LogP contribution in [0.15, 0.2) is 200 Å². The minimum Gasteiger partial charge on any atom is -0.509 e. The molecule has 350 valence electrons. The zero-order valence-corrected chi connectivity index (χ0v) is 42.9. The van der Waals surface area contributed by atoms with Crippen LogP contribution in [0.2, 0.25) is 0 Å². The first-order valence-electron chi connectivity index (χ1n) is 23.9. The van der Waals surface area contributed by atoms with Gasteiger partial charge in [0.15, 0.2) is 0 Å². The van der Waals surface area contributed by atoms with Crippen LogP contribution in [-0.4, -0.2) is 9.55 Å². The molecular formula is C64H55N4OPt-3. The number of ether oxygens (including phenoxy) is 1. The third-order valence-corrected chi connectivity index (χ3v) is 14.1. The Morgan fingerprint density at radius 2 is 1.09 bits per heavy atom. The minimum absolute atomic E-state index is 0. The summed E-state index contributed by atoms with van der Waals surface area (Å²) in [5, 5.41) is 2.18. The molecule has 0 saturated carbocycles. The molecule has 70 heavy (non-hydrogen) atoms. The second kappa shape index (κ2) is 18.3. The number of anilines is 4. The normalized spacial score (nSPS) is 12.8. The molecule has 8 aromatic carbocycles. The molecule has 6 heteroatoms. The SMILES string of the molecule is CC(C)(C)c1ccc(N2[CH-]N(c3[c-]c(Oc4[c-]c5c(cc4)c4cc(-c6ccccc6)ccc4n5-c4cc(C(C)(C)c5ccccc5)ccn4)cc(C(C)(C)c4ccccc4)c3)c3ccccc32)cc1.[Pt]. The summed E-state index contributed by atoms with van der Waals surface area (Å²) < 4.78 is 9.26. The summed E-state index contributed by atoms with van der Waals surface area (Å²) in [7, 11) is 0. The average Bonchev–Trinajstić information content (AvgIpc) is 3.93. The summed E-state index contributed by atoms with van der Waals surface area (Å²) >= 11 is 0. The van der Waals surface area contributed by atoms with Crippen LogP contribution in [-0.2, 0) is 37.3 Å². The molecule has 0 fully saturated rings. The van der Waals surface area contributed by atoms with E-state index >= 15 is 0 Å². The Labute approximate surface area is 427 Å². The van der Waals surface area contributed by atoms with Gasteiger partial charge in [0.1, 0.15) is 5.82 Å². The molecule has 0 N–H and O–H groups in total. The fraction of sp³-hybridized carbons (Fsp3) is 0.156. The van der Waals surface area contributed by atoms with Crippen LogP contribution in [0, 0.1) is 18.8 Å². The molecule has 10 aromatic rings. The maximum Gasteiger partial charge on any atom is 0.135 e. The van der Waals surface area contributed by atoms with Crippen LogP contribution >= 0.6 is 0 Å². The Hall–Kier alpha value is -7.20. The number of para-hydroxylation sites is 2. The molecule has 0 atom stereocenters. The Kier molecular flexibility index (Phi) is 12.1. The van der Waals surface area contributed by atoms with Crippen molar-refractivity contribution in [3.8, 4) is 28.4 Å². The first-order valence-corrected chi connectivity index (χ1v) is 23.9. The summed E-state index contributed by atoms with van der Waals surface area (Å²) in [5.74, 6) is 2.00. The largest absolute Gasteiger partial charge is 0.509 e. The van der Waals surface area contributed by atoms with Crippen LogP contribution in [0.25, 0.3) is 38.8 Å². The predicted octanol–water partition coefficient (Wildman–Crippen LogP) is 16.6. The van der Waals surface area contributed by atoms with Gasteiger partial charge in [0.25, 0.3) is 0 Å². The van der Waals surface area contributed by atoms with Crippen molar-refractivity contribution >= 4 is 44.6 Å². The predicted molar refractivity (Wildman–Crippen MR) is 286 cm³/mol. The van der Waals surface area contributed by atoms with Gasteiger partial charge < -0.3 is 19.1 Å². The number of pyridine rings is 1. The summed E-state index contributed by atoms with van der Waals surface area (Å²) in [6.45, 7) is 18.0. The van der Waals surface area contributed by atoms with Crippen LogP contribution in [0.3, 0.4) is 0 Å². The standard InChI is InChI=1S/C64H55N4O.Pt/c1-62(2,3)46-28-30-51(31-29-46)66-43-67(59-26-18-17-25-58(59)66)52-38-50(64(6,7)48-23-15-10-16-24-48)39-54(41-52)69-53-32-33-55-56-37-45(44-19-11-8-12-20-44)27-34-57(56)68(60(55)42-53)61-40-49(35-36-65-61)63(4,5)47-21-13-9-14-22-47;/h8-40,43H,1-7H3;/q-3;. The van der Waals surface area contributed by atoms with E-state index in [1.54, 1.807) is 0 Å². The van der Waals surface area contributed by atoms with E-state index in [0.717, 1.165) is 67.1 Å². The van der Waals surface area contributed by atoms with Crippen molar-refractivity contribution < 1.29 is 25.8 Å². The Bertz CT molecular complexity index is 3480. The van der Waals surface area contributed by atoms with E-state index in [-0.39, 0.29) is 37.3 Å². The van der Waals surface area contributed by atoms with Gasteiger partial charge in [-0.1, -0.05) is 181 Å². The Morgan fingerprint density at radius 3 is 1.74 bits per heavy atom. The Morgan fingerprint density at radius 1 is 0.471 bits per heavy atom. The third-order valence-electron chi connectivity index (χ3n) is 14.1. The molecule has 5 nitrogen and oxygen atoms in total. The molecule has 0 saturated heterocycles. The monoisotopic (exact) mass is 1090 g/mol. The van der Waals surface area contributed by atoms with Crippen molar-refractivity contribution in [2.24, 2.45) is 0 Å². The molecule has 11 rings (SSSR count). The molecule has 0 bridgehead atoms. The zero-order valence-electron chi connectivity index (χ0n) is 40.6. The third kappa shape index (κ3) is 8.51. The fourth-order valence-corrected chi connectivity index (χ4v) is 9.83. The maximum absolute atomic E-state index is 7.02. The number of aromatic nitrogens is 2. The molecule has 3 heterocycles. The van der Waals surface area contributed by atoms with E-state index in [4.69, 9.17) is 9.72 Å². The number of fused-ring (bicyclic) bond motifs is 4. The quantitative estimate of drug-likeness (QED) is 0.128. The first kappa shape index (κ1) is 46.5. The van der Waals surface area contributed by atoms with Gasteiger partial charge in [0.2, 0.25) is 0 Å². The topological polar surface area (TPSA) is 33.5 Å². The molecule has 1 aliphatic rings. The first-order chi connectivity index (χ1) is 33.3. The molecule has 2 aromatic heterocycles. The van der Waals surface area contributed by atoms with Crippen LogP contribution in [0.5, 0.6) is 11.5 Å². The van der Waals surface area contributed by atoms with E-state index < -0.39 is 0 Å². The van der Waals surface area contributed by atoms with E-state index in [9.17, 15) is 0 Å². The molecule has 0 unspecified atom stereocenters. The van der Waals surface area contributed by atoms with Gasteiger partial charge >= 0.3 is 0 Å². The van der Waals surface area contributed by atoms with Crippen molar-refractivity contribution in [1.82, 2.24) is 9.55 Å². The van der Waals surface area contributed by atoms with Gasteiger partial charge in [-0.3, -0.25) is 0 Å². The van der Waals surface area contributed by atoms with Crippen molar-refractivity contribution in [2.75, 3.05) is 9.80 Å². The summed E-state index contributed by atoms with van der Waals surface area (Å²) in [4.78, 5) is 9.55. The summed E-state index contributed by atoms with van der Waals surface area (Å²) in [6, 6.07) is 76.5. The Balaban J connectivity index is 0.00000567. The number of hydrogen-bond donors (Lipinski definition) is 0. The van der Waals surface area contributed by atoms with E-state index in [1.807, 2.05) is 12.3 Å². The van der Waals surface area contributed by atoms with Crippen LogP contribution in [0.1, 0.15) is 76.3 Å². The summed E-state index contributed by atoms with van der Waals surface area (Å²) in [6.07, 6.45) is 1.93. The molecule has 0 aliphatic carbocycles. The smallest absolute Gasteiger partial charge is 0.135 e. The van der Waals surface area contributed by atoms with Gasteiger partial charge in [-0.2, -0.15) is 6.07 Å². The minimum atomic E-state index is -0.369. The second-order valence-electron chi connectivity index (χ2n) is 20.3. The van der Waals surface area contributed by atoms with Crippen molar-refractivity contribution in [2.45, 2.75) is 64.7 Å². The average molecular weight is 1090 g/mol. The number of benzene rings is 8. The van der Waals surface area contributed by atoms with Gasteiger partial charge in [0, 0.05) is 66.8 Å². The van der Waals surface area contributed by atoms with Gasteiger partial charge in [-0.05, 0) is 92.1 Å². The maximum atomic E-state index is 7.02. The van der Waals surface area contributed by atoms with Crippen molar-refractivity contribution in [3.63, 3.8) is 0 Å². The van der Waals surface area contributed by atoms with Crippen LogP contribution in [0.4, 0.5) is 22.7 Å². The second-order valence-corrected chi connectivity index (χ2v) is 20.3. The van der Waals surface area contributed by atoms with Gasteiger partial charge in [-0.15, -0.1) is 53.6 Å². The van der Waals surface area contributed by atoms with Gasteiger partial charge in [-0.25, -0.2) is 4.98 Å². The van der Waals surface area contributed by atoms with E-state index in [0.29, 0.717) is 11.5 Å². The van der Waals surface area contributed by atoms with Crippen LogP contribution < -0.4 is 14.5 Å². The van der Waals surface area contributed by atoms with Gasteiger partial charge in [0.05, 0.1) is 0 Å². The molecule has 0 spiro atoms. The number of nitrogens with zero attached hydrogens (tertiary/aromatic N) is 4. The molecule has 0 radical (unpaired) electrons. The summed E-state index contributed by atoms with van der Waals surface area (Å²) in [5.41, 5.74) is 13.8. The molecular weight excluding hydrogens is 1040 g/mol.